The summed E-state index contributed by atoms with van der Waals surface area (Å²) in [7, 11) is -1.66. The zero-order valence-corrected chi connectivity index (χ0v) is 13.9. The second-order valence-corrected chi connectivity index (χ2v) is 8.72. The zero-order chi connectivity index (χ0) is 14.9. The van der Waals surface area contributed by atoms with E-state index in [9.17, 15) is 8.42 Å². The highest BCUT2D eigenvalue weighted by molar-refractivity contribution is 7.99. The van der Waals surface area contributed by atoms with Gasteiger partial charge in [0, 0.05) is 44.7 Å². The molecule has 2 fully saturated rings. The van der Waals surface area contributed by atoms with Gasteiger partial charge in [0.05, 0.1) is 6.33 Å². The van der Waals surface area contributed by atoms with Gasteiger partial charge in [-0.15, -0.1) is 0 Å². The summed E-state index contributed by atoms with van der Waals surface area (Å²) < 4.78 is 28.5. The van der Waals surface area contributed by atoms with E-state index in [1.165, 1.54) is 24.3 Å². The van der Waals surface area contributed by atoms with Crippen molar-refractivity contribution in [2.45, 2.75) is 23.9 Å². The van der Waals surface area contributed by atoms with E-state index in [1.807, 2.05) is 11.8 Å². The van der Waals surface area contributed by atoms with Crippen LogP contribution in [0.4, 0.5) is 0 Å². The molecule has 8 heteroatoms. The highest BCUT2D eigenvalue weighted by atomic mass is 32.2. The fourth-order valence-electron chi connectivity index (χ4n) is 2.98. The SMILES string of the molecule is Cn1cnc(S(=O)(=O)N2CCCN(C3CCSC3)CC2)c1. The molecule has 0 radical (unpaired) electrons. The quantitative estimate of drug-likeness (QED) is 0.813. The molecule has 0 aromatic carbocycles. The van der Waals surface area contributed by atoms with Crippen molar-refractivity contribution in [2.75, 3.05) is 37.7 Å². The lowest BCUT2D eigenvalue weighted by atomic mass is 10.2. The van der Waals surface area contributed by atoms with Crippen molar-refractivity contribution in [2.24, 2.45) is 7.05 Å². The fourth-order valence-corrected chi connectivity index (χ4v) is 5.67. The molecule has 0 amide bonds. The molecule has 0 saturated carbocycles. The van der Waals surface area contributed by atoms with E-state index >= 15 is 0 Å². The molecule has 0 bridgehead atoms. The molecule has 118 valence electrons. The summed E-state index contributed by atoms with van der Waals surface area (Å²) >= 11 is 2.00. The van der Waals surface area contributed by atoms with E-state index < -0.39 is 10.0 Å². The number of hydrogen-bond acceptors (Lipinski definition) is 5. The summed E-state index contributed by atoms with van der Waals surface area (Å²) in [6, 6.07) is 0.632. The van der Waals surface area contributed by atoms with Crippen LogP contribution in [0, 0.1) is 0 Å². The summed E-state index contributed by atoms with van der Waals surface area (Å²) in [4.78, 5) is 6.47. The first-order valence-corrected chi connectivity index (χ1v) is 9.97. The maximum Gasteiger partial charge on any atom is 0.262 e. The van der Waals surface area contributed by atoms with Gasteiger partial charge in [-0.1, -0.05) is 0 Å². The van der Waals surface area contributed by atoms with Crippen molar-refractivity contribution < 1.29 is 8.42 Å². The molecule has 1 atom stereocenters. The van der Waals surface area contributed by atoms with E-state index in [4.69, 9.17) is 0 Å². The van der Waals surface area contributed by atoms with Crippen LogP contribution in [0.1, 0.15) is 12.8 Å². The molecule has 0 spiro atoms. The Hall–Kier alpha value is -0.570. The monoisotopic (exact) mass is 330 g/mol. The maximum absolute atomic E-state index is 12.6. The Labute approximate surface area is 130 Å². The number of thioether (sulfide) groups is 1. The Balaban J connectivity index is 1.69. The second kappa shape index (κ2) is 6.28. The molecule has 0 N–H and O–H groups in total. The Bertz CT molecular complexity index is 581. The van der Waals surface area contributed by atoms with Crippen LogP contribution in [-0.4, -0.2) is 70.9 Å². The zero-order valence-electron chi connectivity index (χ0n) is 12.3. The number of hydrogen-bond donors (Lipinski definition) is 0. The lowest BCUT2D eigenvalue weighted by Crippen LogP contribution is -2.39. The number of nitrogens with zero attached hydrogens (tertiary/aromatic N) is 4. The van der Waals surface area contributed by atoms with Gasteiger partial charge in [-0.2, -0.15) is 16.1 Å². The molecule has 3 rings (SSSR count). The summed E-state index contributed by atoms with van der Waals surface area (Å²) in [5.41, 5.74) is 0. The van der Waals surface area contributed by atoms with Crippen LogP contribution in [0.25, 0.3) is 0 Å². The smallest absolute Gasteiger partial charge is 0.262 e. The standard InChI is InChI=1S/C13H22N4O2S2/c1-15-9-13(14-11-15)21(18,19)17-5-2-4-16(6-7-17)12-3-8-20-10-12/h9,11-12H,2-8,10H2,1H3. The molecule has 6 nitrogen and oxygen atoms in total. The average Bonchev–Trinajstić information content (AvgIpc) is 3.06. The van der Waals surface area contributed by atoms with Crippen LogP contribution >= 0.6 is 11.8 Å². The number of rotatable bonds is 3. The molecule has 21 heavy (non-hydrogen) atoms. The first-order chi connectivity index (χ1) is 10.1. The van der Waals surface area contributed by atoms with Gasteiger partial charge >= 0.3 is 0 Å². The van der Waals surface area contributed by atoms with Gasteiger partial charge in [-0.25, -0.2) is 13.4 Å². The summed E-state index contributed by atoms with van der Waals surface area (Å²) in [6.07, 6.45) is 5.24. The minimum atomic E-state index is -3.44. The third-order valence-electron chi connectivity index (χ3n) is 4.20. The van der Waals surface area contributed by atoms with Crippen LogP contribution in [0.15, 0.2) is 17.6 Å². The van der Waals surface area contributed by atoms with E-state index in [-0.39, 0.29) is 5.03 Å². The van der Waals surface area contributed by atoms with Crippen molar-refractivity contribution in [3.8, 4) is 0 Å². The van der Waals surface area contributed by atoms with E-state index in [0.717, 1.165) is 19.5 Å². The van der Waals surface area contributed by atoms with Crippen LogP contribution in [-0.2, 0) is 17.1 Å². The van der Waals surface area contributed by atoms with Gasteiger partial charge in [0.2, 0.25) is 0 Å². The van der Waals surface area contributed by atoms with E-state index in [1.54, 1.807) is 22.1 Å². The molecule has 2 aliphatic rings. The van der Waals surface area contributed by atoms with E-state index in [2.05, 4.69) is 9.88 Å². The molecule has 2 aliphatic heterocycles. The first kappa shape index (κ1) is 15.3. The van der Waals surface area contributed by atoms with Crippen molar-refractivity contribution in [3.63, 3.8) is 0 Å². The molecule has 1 unspecified atom stereocenters. The highest BCUT2D eigenvalue weighted by Gasteiger charge is 2.31. The predicted octanol–water partition coefficient (Wildman–Crippen LogP) is 0.622. The largest absolute Gasteiger partial charge is 0.339 e. The molecular weight excluding hydrogens is 308 g/mol. The van der Waals surface area contributed by atoms with Gasteiger partial charge in [0.15, 0.2) is 5.03 Å². The third-order valence-corrected chi connectivity index (χ3v) is 7.13. The highest BCUT2D eigenvalue weighted by Crippen LogP contribution is 2.24. The van der Waals surface area contributed by atoms with Crippen molar-refractivity contribution in [1.29, 1.82) is 0 Å². The number of sulfonamides is 1. The Morgan fingerprint density at radius 1 is 1.29 bits per heavy atom. The Kier molecular flexibility index (Phi) is 4.58. The number of imidazole rings is 1. The van der Waals surface area contributed by atoms with Gasteiger partial charge in [-0.3, -0.25) is 4.90 Å². The van der Waals surface area contributed by atoms with Gasteiger partial charge < -0.3 is 4.57 Å². The minimum absolute atomic E-state index is 0.162. The van der Waals surface area contributed by atoms with Gasteiger partial charge in [-0.05, 0) is 25.1 Å². The van der Waals surface area contributed by atoms with Gasteiger partial charge in [0.25, 0.3) is 10.0 Å². The molecule has 2 saturated heterocycles. The Morgan fingerprint density at radius 2 is 2.14 bits per heavy atom. The predicted molar refractivity (Wildman–Crippen MR) is 83.9 cm³/mol. The average molecular weight is 330 g/mol. The number of aromatic nitrogens is 2. The van der Waals surface area contributed by atoms with Gasteiger partial charge in [0.1, 0.15) is 0 Å². The molecule has 3 heterocycles. The topological polar surface area (TPSA) is 58.4 Å². The molecular formula is C13H22N4O2S2. The molecule has 1 aromatic heterocycles. The maximum atomic E-state index is 12.6. The van der Waals surface area contributed by atoms with Crippen LogP contribution in [0.3, 0.4) is 0 Å². The minimum Gasteiger partial charge on any atom is -0.339 e. The summed E-state index contributed by atoms with van der Waals surface area (Å²) in [5.74, 6) is 2.42. The number of aryl methyl sites for hydroxylation is 1. The third kappa shape index (κ3) is 3.28. The lowest BCUT2D eigenvalue weighted by molar-refractivity contribution is 0.223. The summed E-state index contributed by atoms with van der Waals surface area (Å²) in [5, 5.41) is 0.162. The lowest BCUT2D eigenvalue weighted by Gasteiger charge is -2.26. The van der Waals surface area contributed by atoms with E-state index in [0.29, 0.717) is 19.1 Å². The first-order valence-electron chi connectivity index (χ1n) is 7.37. The molecule has 0 aliphatic carbocycles. The summed E-state index contributed by atoms with van der Waals surface area (Å²) in [6.45, 7) is 2.99. The van der Waals surface area contributed by atoms with Crippen molar-refractivity contribution in [3.05, 3.63) is 12.5 Å². The second-order valence-electron chi connectivity index (χ2n) is 5.69. The van der Waals surface area contributed by atoms with Crippen molar-refractivity contribution >= 4 is 21.8 Å². The van der Waals surface area contributed by atoms with Crippen LogP contribution in [0.2, 0.25) is 0 Å². The van der Waals surface area contributed by atoms with Crippen LogP contribution in [0.5, 0.6) is 0 Å². The van der Waals surface area contributed by atoms with Crippen LogP contribution < -0.4 is 0 Å². The molecule has 1 aromatic rings. The van der Waals surface area contributed by atoms with Crippen molar-refractivity contribution in [1.82, 2.24) is 18.8 Å². The normalized spacial score (nSPS) is 26.0. The fraction of sp³-hybridized carbons (Fsp3) is 0.769. The Morgan fingerprint density at radius 3 is 2.81 bits per heavy atom.